The summed E-state index contributed by atoms with van der Waals surface area (Å²) in [5.41, 5.74) is 0.714. The van der Waals surface area contributed by atoms with Crippen molar-refractivity contribution in [3.05, 3.63) is 35.9 Å². The van der Waals surface area contributed by atoms with Crippen LogP contribution in [0.3, 0.4) is 0 Å². The Bertz CT molecular complexity index is 734. The zero-order valence-electron chi connectivity index (χ0n) is 18.2. The van der Waals surface area contributed by atoms with Gasteiger partial charge in [0, 0.05) is 39.3 Å². The lowest BCUT2D eigenvalue weighted by molar-refractivity contribution is -0.161. The first-order valence-corrected chi connectivity index (χ1v) is 11.5. The summed E-state index contributed by atoms with van der Waals surface area (Å²) in [5.74, 6) is 0.455. The lowest BCUT2D eigenvalue weighted by atomic mass is 9.72. The molecule has 3 aliphatic heterocycles. The molecule has 1 spiro atoms. The number of nitrogens with zero attached hydrogens (tertiary/aromatic N) is 3. The molecule has 0 N–H and O–H groups in total. The van der Waals surface area contributed by atoms with Crippen LogP contribution in [0.2, 0.25) is 0 Å². The Morgan fingerprint density at radius 1 is 1.13 bits per heavy atom. The Balaban J connectivity index is 1.48. The van der Waals surface area contributed by atoms with Gasteiger partial charge in [0.2, 0.25) is 11.8 Å². The van der Waals surface area contributed by atoms with Gasteiger partial charge in [0.15, 0.2) is 0 Å². The molecular formula is C24H35N3O3. The molecule has 164 valence electrons. The average Bonchev–Trinajstić information content (AvgIpc) is 3.28. The Hall–Kier alpha value is -1.92. The quantitative estimate of drug-likeness (QED) is 0.719. The summed E-state index contributed by atoms with van der Waals surface area (Å²) in [6.07, 6.45) is 4.88. The summed E-state index contributed by atoms with van der Waals surface area (Å²) in [6, 6.07) is 10.2. The minimum atomic E-state index is -0.434. The van der Waals surface area contributed by atoms with E-state index in [1.54, 1.807) is 0 Å². The van der Waals surface area contributed by atoms with Gasteiger partial charge in [-0.3, -0.25) is 14.5 Å². The SMILES string of the molecule is CCO[C@@H]1CN(Cc2ccccc2)C(=O)[C@@]2(CCCN(CC(=O)N3CCCC3)C2)C1. The highest BCUT2D eigenvalue weighted by Crippen LogP contribution is 2.41. The average molecular weight is 414 g/mol. The fraction of sp³-hybridized carbons (Fsp3) is 0.667. The van der Waals surface area contributed by atoms with Crippen molar-refractivity contribution in [3.63, 3.8) is 0 Å². The highest BCUT2D eigenvalue weighted by molar-refractivity contribution is 5.84. The van der Waals surface area contributed by atoms with Crippen molar-refractivity contribution in [1.82, 2.24) is 14.7 Å². The van der Waals surface area contributed by atoms with E-state index in [2.05, 4.69) is 17.0 Å². The molecule has 3 fully saturated rings. The summed E-state index contributed by atoms with van der Waals surface area (Å²) >= 11 is 0. The van der Waals surface area contributed by atoms with Crippen LogP contribution in [-0.2, 0) is 20.9 Å². The van der Waals surface area contributed by atoms with Gasteiger partial charge in [-0.15, -0.1) is 0 Å². The number of hydrogen-bond donors (Lipinski definition) is 0. The molecule has 3 aliphatic rings. The highest BCUT2D eigenvalue weighted by Gasteiger charge is 2.49. The predicted octanol–water partition coefficient (Wildman–Crippen LogP) is 2.53. The number of ether oxygens (including phenoxy) is 1. The fourth-order valence-corrected chi connectivity index (χ4v) is 5.50. The monoisotopic (exact) mass is 413 g/mol. The molecule has 2 atom stereocenters. The van der Waals surface area contributed by atoms with E-state index in [9.17, 15) is 9.59 Å². The van der Waals surface area contributed by atoms with Gasteiger partial charge in [-0.2, -0.15) is 0 Å². The molecule has 0 bridgehead atoms. The third-order valence-corrected chi connectivity index (χ3v) is 6.88. The fourth-order valence-electron chi connectivity index (χ4n) is 5.50. The molecule has 1 aromatic rings. The van der Waals surface area contributed by atoms with Crippen LogP contribution in [0.4, 0.5) is 0 Å². The zero-order valence-corrected chi connectivity index (χ0v) is 18.2. The number of carbonyl (C=O) groups is 2. The van der Waals surface area contributed by atoms with Crippen molar-refractivity contribution in [1.29, 1.82) is 0 Å². The van der Waals surface area contributed by atoms with Crippen LogP contribution < -0.4 is 0 Å². The summed E-state index contributed by atoms with van der Waals surface area (Å²) in [4.78, 5) is 32.6. The van der Waals surface area contributed by atoms with Crippen LogP contribution in [0.1, 0.15) is 44.6 Å². The van der Waals surface area contributed by atoms with E-state index in [0.29, 0.717) is 32.8 Å². The van der Waals surface area contributed by atoms with Crippen molar-refractivity contribution in [2.75, 3.05) is 45.9 Å². The predicted molar refractivity (Wildman–Crippen MR) is 116 cm³/mol. The van der Waals surface area contributed by atoms with Crippen molar-refractivity contribution in [3.8, 4) is 0 Å². The van der Waals surface area contributed by atoms with E-state index >= 15 is 0 Å². The van der Waals surface area contributed by atoms with Gasteiger partial charge >= 0.3 is 0 Å². The number of hydrogen-bond acceptors (Lipinski definition) is 4. The Kier molecular flexibility index (Phi) is 6.74. The van der Waals surface area contributed by atoms with E-state index in [-0.39, 0.29) is 17.9 Å². The maximum absolute atomic E-state index is 13.7. The van der Waals surface area contributed by atoms with Crippen LogP contribution in [0.15, 0.2) is 30.3 Å². The largest absolute Gasteiger partial charge is 0.377 e. The number of likely N-dealkylation sites (tertiary alicyclic amines) is 3. The molecule has 0 radical (unpaired) electrons. The van der Waals surface area contributed by atoms with Crippen LogP contribution in [0.25, 0.3) is 0 Å². The highest BCUT2D eigenvalue weighted by atomic mass is 16.5. The maximum Gasteiger partial charge on any atom is 0.236 e. The number of piperidine rings is 2. The third-order valence-electron chi connectivity index (χ3n) is 6.88. The van der Waals surface area contributed by atoms with Crippen molar-refractivity contribution in [2.45, 2.75) is 51.7 Å². The topological polar surface area (TPSA) is 53.1 Å². The first-order chi connectivity index (χ1) is 14.6. The minimum Gasteiger partial charge on any atom is -0.377 e. The standard InChI is InChI=1S/C24H35N3O3/c1-2-30-21-15-24(23(29)27(17-21)16-20-9-4-3-5-10-20)11-8-12-25(19-24)18-22(28)26-13-6-7-14-26/h3-5,9-10,21H,2,6-8,11-19H2,1H3/t21-,24-/m0/s1. The van der Waals surface area contributed by atoms with Crippen LogP contribution >= 0.6 is 0 Å². The van der Waals surface area contributed by atoms with Gasteiger partial charge < -0.3 is 14.5 Å². The normalized spacial score (nSPS) is 27.8. The van der Waals surface area contributed by atoms with E-state index in [1.165, 1.54) is 0 Å². The molecule has 2 amide bonds. The second-order valence-corrected chi connectivity index (χ2v) is 9.14. The molecule has 0 saturated carbocycles. The molecule has 1 aromatic carbocycles. The Morgan fingerprint density at radius 2 is 1.90 bits per heavy atom. The molecule has 0 unspecified atom stereocenters. The first-order valence-electron chi connectivity index (χ1n) is 11.5. The van der Waals surface area contributed by atoms with Crippen LogP contribution in [0, 0.1) is 5.41 Å². The van der Waals surface area contributed by atoms with Gasteiger partial charge in [0.1, 0.15) is 0 Å². The molecule has 0 aliphatic carbocycles. The molecule has 6 nitrogen and oxygen atoms in total. The zero-order chi connectivity index (χ0) is 21.0. The lowest BCUT2D eigenvalue weighted by Gasteiger charge is -2.49. The maximum atomic E-state index is 13.7. The number of rotatable bonds is 6. The van der Waals surface area contributed by atoms with Crippen LogP contribution in [-0.4, -0.2) is 78.5 Å². The van der Waals surface area contributed by atoms with Crippen molar-refractivity contribution >= 4 is 11.8 Å². The van der Waals surface area contributed by atoms with E-state index < -0.39 is 5.41 Å². The van der Waals surface area contributed by atoms with Gasteiger partial charge in [-0.05, 0) is 51.1 Å². The van der Waals surface area contributed by atoms with Crippen molar-refractivity contribution < 1.29 is 14.3 Å². The molecule has 3 heterocycles. The smallest absolute Gasteiger partial charge is 0.236 e. The third kappa shape index (κ3) is 4.70. The second-order valence-electron chi connectivity index (χ2n) is 9.14. The van der Waals surface area contributed by atoms with Gasteiger partial charge in [0.25, 0.3) is 0 Å². The lowest BCUT2D eigenvalue weighted by Crippen LogP contribution is -2.60. The number of amides is 2. The van der Waals surface area contributed by atoms with Crippen LogP contribution in [0.5, 0.6) is 0 Å². The first kappa shape index (κ1) is 21.3. The summed E-state index contributed by atoms with van der Waals surface area (Å²) in [7, 11) is 0. The summed E-state index contributed by atoms with van der Waals surface area (Å²) in [6.45, 7) is 7.72. The summed E-state index contributed by atoms with van der Waals surface area (Å²) < 4.78 is 6.04. The molecule has 30 heavy (non-hydrogen) atoms. The molecule has 4 rings (SSSR count). The van der Waals surface area contributed by atoms with E-state index in [1.807, 2.05) is 34.9 Å². The van der Waals surface area contributed by atoms with E-state index in [0.717, 1.165) is 57.3 Å². The van der Waals surface area contributed by atoms with Gasteiger partial charge in [-0.25, -0.2) is 0 Å². The molecule has 0 aromatic heterocycles. The Morgan fingerprint density at radius 3 is 2.63 bits per heavy atom. The second kappa shape index (κ2) is 9.48. The number of carbonyl (C=O) groups excluding carboxylic acids is 2. The van der Waals surface area contributed by atoms with E-state index in [4.69, 9.17) is 4.74 Å². The number of benzene rings is 1. The molecule has 3 saturated heterocycles. The molecular weight excluding hydrogens is 378 g/mol. The van der Waals surface area contributed by atoms with Gasteiger partial charge in [-0.1, -0.05) is 30.3 Å². The van der Waals surface area contributed by atoms with Gasteiger partial charge in [0.05, 0.1) is 18.1 Å². The summed E-state index contributed by atoms with van der Waals surface area (Å²) in [5, 5.41) is 0. The Labute approximate surface area is 180 Å². The van der Waals surface area contributed by atoms with Crippen molar-refractivity contribution in [2.24, 2.45) is 5.41 Å². The molecule has 6 heteroatoms. The minimum absolute atomic E-state index is 0.0608.